The average Bonchev–Trinajstić information content (AvgIpc) is 2.30. The lowest BCUT2D eigenvalue weighted by molar-refractivity contribution is -0.118. The van der Waals surface area contributed by atoms with Gasteiger partial charge in [0.15, 0.2) is 0 Å². The van der Waals surface area contributed by atoms with Crippen LogP contribution < -0.4 is 5.73 Å². The van der Waals surface area contributed by atoms with Crippen LogP contribution in [0.25, 0.3) is 0 Å². The Hall–Kier alpha value is -1.15. The summed E-state index contributed by atoms with van der Waals surface area (Å²) in [5, 5.41) is 0. The highest BCUT2D eigenvalue weighted by Crippen LogP contribution is 2.08. The van der Waals surface area contributed by atoms with Gasteiger partial charge in [0.2, 0.25) is 0 Å². The first kappa shape index (κ1) is 12.9. The van der Waals surface area contributed by atoms with Gasteiger partial charge in [0.1, 0.15) is 5.78 Å². The van der Waals surface area contributed by atoms with Gasteiger partial charge < -0.3 is 5.73 Å². The minimum absolute atomic E-state index is 0.342. The first-order valence-electron chi connectivity index (χ1n) is 6.06. The molecule has 2 N–H and O–H groups in total. The van der Waals surface area contributed by atoms with Crippen LogP contribution in [0.3, 0.4) is 0 Å². The quantitative estimate of drug-likeness (QED) is 0.717. The van der Waals surface area contributed by atoms with Crippen molar-refractivity contribution in [2.45, 2.75) is 45.6 Å². The lowest BCUT2D eigenvalue weighted by atomic mass is 10.0. The fourth-order valence-electron chi connectivity index (χ4n) is 1.68. The molecule has 2 nitrogen and oxygen atoms in total. The molecule has 0 aromatic heterocycles. The summed E-state index contributed by atoms with van der Waals surface area (Å²) < 4.78 is 0. The van der Waals surface area contributed by atoms with Gasteiger partial charge in [-0.05, 0) is 17.5 Å². The van der Waals surface area contributed by atoms with E-state index in [1.165, 1.54) is 6.42 Å². The molecule has 16 heavy (non-hydrogen) atoms. The van der Waals surface area contributed by atoms with E-state index in [1.807, 2.05) is 24.3 Å². The number of ketones is 1. The summed E-state index contributed by atoms with van der Waals surface area (Å²) in [5.74, 6) is 0.342. The Morgan fingerprint density at radius 3 is 2.31 bits per heavy atom. The Morgan fingerprint density at radius 2 is 1.75 bits per heavy atom. The monoisotopic (exact) mass is 219 g/mol. The molecule has 0 saturated carbocycles. The molecule has 1 aromatic carbocycles. The van der Waals surface area contributed by atoms with Crippen LogP contribution in [0.15, 0.2) is 24.3 Å². The van der Waals surface area contributed by atoms with E-state index >= 15 is 0 Å². The molecule has 0 heterocycles. The van der Waals surface area contributed by atoms with E-state index in [0.717, 1.165) is 24.0 Å². The number of rotatable bonds is 7. The van der Waals surface area contributed by atoms with E-state index in [0.29, 0.717) is 25.2 Å². The van der Waals surface area contributed by atoms with Gasteiger partial charge >= 0.3 is 0 Å². The van der Waals surface area contributed by atoms with Gasteiger partial charge in [-0.3, -0.25) is 4.79 Å². The predicted octanol–water partition coefficient (Wildman–Crippen LogP) is 2.84. The first-order chi connectivity index (χ1) is 7.76. The summed E-state index contributed by atoms with van der Waals surface area (Å²) in [5.41, 5.74) is 7.72. The summed E-state index contributed by atoms with van der Waals surface area (Å²) in [7, 11) is 0. The van der Waals surface area contributed by atoms with Gasteiger partial charge in [0.05, 0.1) is 0 Å². The van der Waals surface area contributed by atoms with Crippen molar-refractivity contribution in [2.75, 3.05) is 0 Å². The topological polar surface area (TPSA) is 43.1 Å². The van der Waals surface area contributed by atoms with Crippen molar-refractivity contribution in [2.24, 2.45) is 5.73 Å². The maximum absolute atomic E-state index is 11.6. The Labute approximate surface area is 97.9 Å². The van der Waals surface area contributed by atoms with Gasteiger partial charge in [0, 0.05) is 19.4 Å². The summed E-state index contributed by atoms with van der Waals surface area (Å²) in [6.45, 7) is 2.71. The van der Waals surface area contributed by atoms with E-state index in [2.05, 4.69) is 6.92 Å². The van der Waals surface area contributed by atoms with E-state index in [9.17, 15) is 4.79 Å². The molecule has 0 aliphatic rings. The normalized spacial score (nSPS) is 10.4. The van der Waals surface area contributed by atoms with E-state index in [-0.39, 0.29) is 0 Å². The van der Waals surface area contributed by atoms with Crippen LogP contribution in [0, 0.1) is 0 Å². The molecule has 0 atom stereocenters. The maximum Gasteiger partial charge on any atom is 0.137 e. The number of hydrogen-bond donors (Lipinski definition) is 1. The molecular weight excluding hydrogens is 198 g/mol. The zero-order valence-corrected chi connectivity index (χ0v) is 10.0. The second-order valence-corrected chi connectivity index (χ2v) is 4.19. The minimum atomic E-state index is 0.342. The minimum Gasteiger partial charge on any atom is -0.326 e. The molecule has 0 spiro atoms. The fraction of sp³-hybridized carbons (Fsp3) is 0.500. The van der Waals surface area contributed by atoms with E-state index in [4.69, 9.17) is 5.73 Å². The molecule has 1 aromatic rings. The van der Waals surface area contributed by atoms with Gasteiger partial charge in [-0.1, -0.05) is 44.0 Å². The van der Waals surface area contributed by atoms with Crippen LogP contribution >= 0.6 is 0 Å². The Balaban J connectivity index is 2.37. The number of carbonyl (C=O) groups is 1. The molecule has 0 bridgehead atoms. The van der Waals surface area contributed by atoms with Crippen LogP contribution in [0.5, 0.6) is 0 Å². The van der Waals surface area contributed by atoms with Crippen molar-refractivity contribution in [3.05, 3.63) is 35.4 Å². The molecule has 0 saturated heterocycles. The molecule has 0 aliphatic carbocycles. The average molecular weight is 219 g/mol. The third-order valence-electron chi connectivity index (χ3n) is 2.72. The molecule has 0 unspecified atom stereocenters. The zero-order valence-electron chi connectivity index (χ0n) is 10.0. The van der Waals surface area contributed by atoms with Crippen molar-refractivity contribution in [1.29, 1.82) is 0 Å². The van der Waals surface area contributed by atoms with Crippen molar-refractivity contribution in [1.82, 2.24) is 0 Å². The van der Waals surface area contributed by atoms with Gasteiger partial charge in [0.25, 0.3) is 0 Å². The number of unbranched alkanes of at least 4 members (excludes halogenated alkanes) is 2. The van der Waals surface area contributed by atoms with Crippen LogP contribution in [0.1, 0.15) is 43.7 Å². The number of nitrogens with two attached hydrogens (primary N) is 1. The highest BCUT2D eigenvalue weighted by atomic mass is 16.1. The standard InChI is InChI=1S/C14H21NO/c1-2-3-4-5-14(16)10-12-6-8-13(11-15)9-7-12/h6-9H,2-5,10-11,15H2,1H3. The van der Waals surface area contributed by atoms with Crippen molar-refractivity contribution < 1.29 is 4.79 Å². The number of hydrogen-bond acceptors (Lipinski definition) is 2. The smallest absolute Gasteiger partial charge is 0.137 e. The lowest BCUT2D eigenvalue weighted by Gasteiger charge is -2.02. The SMILES string of the molecule is CCCCCC(=O)Cc1ccc(CN)cc1. The molecule has 1 rings (SSSR count). The second kappa shape index (κ2) is 7.18. The third kappa shape index (κ3) is 4.58. The van der Waals surface area contributed by atoms with Gasteiger partial charge in [-0.2, -0.15) is 0 Å². The highest BCUT2D eigenvalue weighted by Gasteiger charge is 2.03. The summed E-state index contributed by atoms with van der Waals surface area (Å²) >= 11 is 0. The molecule has 0 aliphatic heterocycles. The molecule has 0 amide bonds. The van der Waals surface area contributed by atoms with Crippen LogP contribution in [-0.4, -0.2) is 5.78 Å². The zero-order chi connectivity index (χ0) is 11.8. The lowest BCUT2D eigenvalue weighted by Crippen LogP contribution is -2.03. The van der Waals surface area contributed by atoms with Crippen molar-refractivity contribution in [3.63, 3.8) is 0 Å². The first-order valence-corrected chi connectivity index (χ1v) is 6.06. The third-order valence-corrected chi connectivity index (χ3v) is 2.72. The number of carbonyl (C=O) groups excluding carboxylic acids is 1. The summed E-state index contributed by atoms with van der Waals surface area (Å²) in [6.07, 6.45) is 4.62. The highest BCUT2D eigenvalue weighted by molar-refractivity contribution is 5.80. The van der Waals surface area contributed by atoms with E-state index in [1.54, 1.807) is 0 Å². The summed E-state index contributed by atoms with van der Waals surface area (Å²) in [6, 6.07) is 7.99. The maximum atomic E-state index is 11.6. The number of Topliss-reactive ketones (excluding diaryl/α,β-unsaturated/α-hetero) is 1. The van der Waals surface area contributed by atoms with Crippen LogP contribution in [0.4, 0.5) is 0 Å². The summed E-state index contributed by atoms with van der Waals surface area (Å²) in [4.78, 5) is 11.6. The van der Waals surface area contributed by atoms with Crippen LogP contribution in [-0.2, 0) is 17.8 Å². The second-order valence-electron chi connectivity index (χ2n) is 4.19. The molecule has 2 heteroatoms. The molecule has 0 radical (unpaired) electrons. The number of benzene rings is 1. The molecule has 0 fully saturated rings. The van der Waals surface area contributed by atoms with Gasteiger partial charge in [-0.25, -0.2) is 0 Å². The predicted molar refractivity (Wildman–Crippen MR) is 67.2 cm³/mol. The molecule has 88 valence electrons. The molecular formula is C14H21NO. The largest absolute Gasteiger partial charge is 0.326 e. The van der Waals surface area contributed by atoms with Crippen molar-refractivity contribution in [3.8, 4) is 0 Å². The fourth-order valence-corrected chi connectivity index (χ4v) is 1.68. The van der Waals surface area contributed by atoms with Gasteiger partial charge in [-0.15, -0.1) is 0 Å². The Morgan fingerprint density at radius 1 is 1.12 bits per heavy atom. The Bertz CT molecular complexity index is 316. The van der Waals surface area contributed by atoms with E-state index < -0.39 is 0 Å². The van der Waals surface area contributed by atoms with Crippen molar-refractivity contribution >= 4 is 5.78 Å². The van der Waals surface area contributed by atoms with Crippen LogP contribution in [0.2, 0.25) is 0 Å². The Kier molecular flexibility index (Phi) is 5.79.